The van der Waals surface area contributed by atoms with Gasteiger partial charge in [0.1, 0.15) is 6.17 Å². The minimum absolute atomic E-state index is 0.0225. The first-order valence-corrected chi connectivity index (χ1v) is 7.91. The maximum absolute atomic E-state index is 12.6. The highest BCUT2D eigenvalue weighted by atomic mass is 16.2. The average Bonchev–Trinajstić information content (AvgIpc) is 2.79. The van der Waals surface area contributed by atoms with Crippen LogP contribution < -0.4 is 5.32 Å². The van der Waals surface area contributed by atoms with Crippen LogP contribution in [0.5, 0.6) is 0 Å². The maximum Gasteiger partial charge on any atom is 0.241 e. The summed E-state index contributed by atoms with van der Waals surface area (Å²) in [7, 11) is 2.17. The van der Waals surface area contributed by atoms with Crippen LogP contribution in [-0.2, 0) is 4.79 Å². The van der Waals surface area contributed by atoms with E-state index >= 15 is 0 Å². The molecule has 114 valence electrons. The number of carbonyl (C=O) groups excluding carboxylic acids is 1. The third-order valence-corrected chi connectivity index (χ3v) is 5.00. The third kappa shape index (κ3) is 2.70. The Balaban J connectivity index is 1.85. The Labute approximate surface area is 127 Å². The van der Waals surface area contributed by atoms with E-state index in [2.05, 4.69) is 41.2 Å². The molecule has 4 atom stereocenters. The molecule has 0 spiro atoms. The average molecular weight is 287 g/mol. The summed E-state index contributed by atoms with van der Waals surface area (Å²) in [5.41, 5.74) is 1.18. The Morgan fingerprint density at radius 3 is 2.57 bits per heavy atom. The Bertz CT molecular complexity index is 504. The first-order valence-electron chi connectivity index (χ1n) is 7.91. The molecular formula is C17H25N3O. The highest BCUT2D eigenvalue weighted by Gasteiger charge is 2.42. The maximum atomic E-state index is 12.6. The number of nitrogens with zero attached hydrogens (tertiary/aromatic N) is 2. The number of amides is 1. The van der Waals surface area contributed by atoms with Gasteiger partial charge in [0.25, 0.3) is 0 Å². The molecule has 4 heteroatoms. The molecule has 4 unspecified atom stereocenters. The Morgan fingerprint density at radius 2 is 1.90 bits per heavy atom. The molecule has 1 N–H and O–H groups in total. The van der Waals surface area contributed by atoms with Crippen LogP contribution in [0, 0.1) is 0 Å². The van der Waals surface area contributed by atoms with E-state index in [-0.39, 0.29) is 18.1 Å². The number of piperidine rings is 1. The molecule has 0 aromatic heterocycles. The van der Waals surface area contributed by atoms with E-state index in [1.54, 1.807) is 0 Å². The Hall–Kier alpha value is -1.39. The number of carbonyl (C=O) groups is 1. The van der Waals surface area contributed by atoms with Crippen molar-refractivity contribution in [2.75, 3.05) is 13.6 Å². The number of benzene rings is 1. The van der Waals surface area contributed by atoms with Gasteiger partial charge >= 0.3 is 0 Å². The van der Waals surface area contributed by atoms with E-state index in [0.717, 1.165) is 19.4 Å². The molecule has 0 aliphatic carbocycles. The van der Waals surface area contributed by atoms with E-state index < -0.39 is 0 Å². The van der Waals surface area contributed by atoms with Crippen LogP contribution in [0.3, 0.4) is 0 Å². The first-order chi connectivity index (χ1) is 10.1. The normalized spacial score (nSPS) is 34.4. The van der Waals surface area contributed by atoms with Gasteiger partial charge in [-0.2, -0.15) is 0 Å². The lowest BCUT2D eigenvalue weighted by Crippen LogP contribution is -2.49. The SMILES string of the molecule is CC1NC(c2ccccc2)N(C2CCN(C)C(C)C2)C1=O. The molecule has 0 radical (unpaired) electrons. The molecule has 1 aromatic carbocycles. The van der Waals surface area contributed by atoms with Crippen LogP contribution in [0.4, 0.5) is 0 Å². The highest BCUT2D eigenvalue weighted by Crippen LogP contribution is 2.32. The lowest BCUT2D eigenvalue weighted by Gasteiger charge is -2.41. The van der Waals surface area contributed by atoms with Crippen LogP contribution in [0.1, 0.15) is 38.4 Å². The molecule has 0 saturated carbocycles. The van der Waals surface area contributed by atoms with Crippen LogP contribution in [-0.4, -0.2) is 47.4 Å². The van der Waals surface area contributed by atoms with E-state index in [0.29, 0.717) is 12.1 Å². The molecule has 3 rings (SSSR count). The van der Waals surface area contributed by atoms with E-state index in [9.17, 15) is 4.79 Å². The van der Waals surface area contributed by atoms with Crippen LogP contribution >= 0.6 is 0 Å². The van der Waals surface area contributed by atoms with Gasteiger partial charge in [-0.05, 0) is 39.3 Å². The lowest BCUT2D eigenvalue weighted by atomic mass is 9.96. The quantitative estimate of drug-likeness (QED) is 0.903. The van der Waals surface area contributed by atoms with Gasteiger partial charge in [0.15, 0.2) is 0 Å². The standard InChI is InChI=1S/C17H25N3O/c1-12-11-15(9-10-19(12)3)20-16(18-13(2)17(20)21)14-7-5-4-6-8-14/h4-8,12-13,15-16,18H,9-11H2,1-3H3. The molecule has 4 nitrogen and oxygen atoms in total. The molecule has 2 aliphatic rings. The van der Waals surface area contributed by atoms with Crippen LogP contribution in [0.15, 0.2) is 30.3 Å². The second-order valence-electron chi connectivity index (χ2n) is 6.45. The fourth-order valence-electron chi connectivity index (χ4n) is 3.54. The van der Waals surface area contributed by atoms with E-state index in [4.69, 9.17) is 0 Å². The summed E-state index contributed by atoms with van der Waals surface area (Å²) >= 11 is 0. The molecule has 2 saturated heterocycles. The monoisotopic (exact) mass is 287 g/mol. The van der Waals surface area contributed by atoms with Crippen molar-refractivity contribution < 1.29 is 4.79 Å². The van der Waals surface area contributed by atoms with Gasteiger partial charge in [0.2, 0.25) is 5.91 Å². The minimum Gasteiger partial charge on any atom is -0.318 e. The number of rotatable bonds is 2. The molecule has 0 bridgehead atoms. The molecule has 1 amide bonds. The largest absolute Gasteiger partial charge is 0.318 e. The smallest absolute Gasteiger partial charge is 0.241 e. The summed E-state index contributed by atoms with van der Waals surface area (Å²) in [4.78, 5) is 17.1. The summed E-state index contributed by atoms with van der Waals surface area (Å²) < 4.78 is 0. The first kappa shape index (κ1) is 14.5. The zero-order valence-corrected chi connectivity index (χ0v) is 13.1. The lowest BCUT2D eigenvalue weighted by molar-refractivity contribution is -0.133. The predicted molar refractivity (Wildman–Crippen MR) is 83.7 cm³/mol. The van der Waals surface area contributed by atoms with Gasteiger partial charge in [0.05, 0.1) is 6.04 Å². The summed E-state index contributed by atoms with van der Waals surface area (Å²) in [6.45, 7) is 5.28. The van der Waals surface area contributed by atoms with E-state index in [1.807, 2.05) is 25.1 Å². The Kier molecular flexibility index (Phi) is 4.00. The van der Waals surface area contributed by atoms with Crippen LogP contribution in [0.2, 0.25) is 0 Å². The topological polar surface area (TPSA) is 35.6 Å². The van der Waals surface area contributed by atoms with Gasteiger partial charge in [-0.25, -0.2) is 0 Å². The summed E-state index contributed by atoms with van der Waals surface area (Å²) in [6.07, 6.45) is 2.14. The van der Waals surface area contributed by atoms with Crippen LogP contribution in [0.25, 0.3) is 0 Å². The second-order valence-corrected chi connectivity index (χ2v) is 6.45. The minimum atomic E-state index is -0.0924. The molecule has 21 heavy (non-hydrogen) atoms. The van der Waals surface area contributed by atoms with Crippen molar-refractivity contribution in [3.63, 3.8) is 0 Å². The van der Waals surface area contributed by atoms with Gasteiger partial charge in [0, 0.05) is 18.6 Å². The number of nitrogens with one attached hydrogen (secondary N) is 1. The Morgan fingerprint density at radius 1 is 1.19 bits per heavy atom. The van der Waals surface area contributed by atoms with Crippen molar-refractivity contribution in [1.29, 1.82) is 0 Å². The van der Waals surface area contributed by atoms with Crippen molar-refractivity contribution >= 4 is 5.91 Å². The summed E-state index contributed by atoms with van der Waals surface area (Å²) in [5, 5.41) is 3.46. The van der Waals surface area contributed by atoms with Crippen molar-refractivity contribution in [1.82, 2.24) is 15.1 Å². The van der Waals surface area contributed by atoms with Gasteiger partial charge < -0.3 is 9.80 Å². The fourth-order valence-corrected chi connectivity index (χ4v) is 3.54. The van der Waals surface area contributed by atoms with E-state index in [1.165, 1.54) is 5.56 Å². The van der Waals surface area contributed by atoms with Crippen molar-refractivity contribution in [2.24, 2.45) is 0 Å². The van der Waals surface area contributed by atoms with Gasteiger partial charge in [-0.3, -0.25) is 10.1 Å². The fraction of sp³-hybridized carbons (Fsp3) is 0.588. The zero-order chi connectivity index (χ0) is 15.0. The summed E-state index contributed by atoms with van der Waals surface area (Å²) in [6, 6.07) is 11.1. The highest BCUT2D eigenvalue weighted by molar-refractivity contribution is 5.84. The van der Waals surface area contributed by atoms with Crippen molar-refractivity contribution in [2.45, 2.75) is 51.0 Å². The number of hydrogen-bond donors (Lipinski definition) is 1. The van der Waals surface area contributed by atoms with Gasteiger partial charge in [-0.15, -0.1) is 0 Å². The summed E-state index contributed by atoms with van der Waals surface area (Å²) in [5.74, 6) is 0.241. The number of hydrogen-bond acceptors (Lipinski definition) is 3. The molecule has 2 aliphatic heterocycles. The number of likely N-dealkylation sites (tertiary alicyclic amines) is 1. The van der Waals surface area contributed by atoms with Crippen molar-refractivity contribution in [3.8, 4) is 0 Å². The second kappa shape index (κ2) is 5.78. The molecule has 2 fully saturated rings. The molecule has 2 heterocycles. The third-order valence-electron chi connectivity index (χ3n) is 5.00. The predicted octanol–water partition coefficient (Wildman–Crippen LogP) is 1.99. The van der Waals surface area contributed by atoms with Gasteiger partial charge in [-0.1, -0.05) is 30.3 Å². The molecular weight excluding hydrogens is 262 g/mol. The zero-order valence-electron chi connectivity index (χ0n) is 13.1. The molecule has 1 aromatic rings. The van der Waals surface area contributed by atoms with Crippen molar-refractivity contribution in [3.05, 3.63) is 35.9 Å².